The number of unbranched alkanes of at least 4 members (excludes halogenated alkanes) is 2. The van der Waals surface area contributed by atoms with Gasteiger partial charge in [-0.3, -0.25) is 19.3 Å². The summed E-state index contributed by atoms with van der Waals surface area (Å²) < 4.78 is 17.7. The molecule has 3 saturated heterocycles. The number of hydrogen-bond donors (Lipinski definition) is 1. The van der Waals surface area contributed by atoms with Crippen molar-refractivity contribution in [3.8, 4) is 0 Å². The maximum atomic E-state index is 14.2. The number of rotatable bonds is 8. The standard InChI is InChI=1S/C27H39N3O7/c1-26-8-3-6-17-36-25(34)21(26)20-23(32)30(11-4-2-5-16-31)22-24(33)29(10-7-9-27(20,22)37-26)13-12-28-14-18-35-19-15-28/h3,7-9,20-22,31H,2,4-6,10-19H2,1H3/t20-,21+,22?,26-,27-/m0/s1. The average Bonchev–Trinajstić information content (AvgIpc) is 3.20. The van der Waals surface area contributed by atoms with Crippen molar-refractivity contribution in [1.82, 2.24) is 14.7 Å². The van der Waals surface area contributed by atoms with Crippen molar-refractivity contribution in [2.75, 3.05) is 65.7 Å². The second kappa shape index (κ2) is 10.8. The number of aliphatic hydroxyl groups excluding tert-OH is 1. The highest BCUT2D eigenvalue weighted by Gasteiger charge is 2.74. The molecule has 1 spiro atoms. The van der Waals surface area contributed by atoms with E-state index >= 15 is 0 Å². The number of fused-ring (bicyclic) bond motifs is 2. The van der Waals surface area contributed by atoms with E-state index in [4.69, 9.17) is 14.2 Å². The van der Waals surface area contributed by atoms with E-state index in [0.717, 1.165) is 26.1 Å². The molecule has 0 aromatic heterocycles. The molecular weight excluding hydrogens is 478 g/mol. The largest absolute Gasteiger partial charge is 0.465 e. The lowest BCUT2D eigenvalue weighted by Gasteiger charge is -2.38. The molecular formula is C27H39N3O7. The van der Waals surface area contributed by atoms with Crippen molar-refractivity contribution in [2.45, 2.75) is 49.9 Å². The molecule has 37 heavy (non-hydrogen) atoms. The quantitative estimate of drug-likeness (QED) is 0.279. The van der Waals surface area contributed by atoms with E-state index in [1.807, 2.05) is 36.1 Å². The monoisotopic (exact) mass is 517 g/mol. The lowest BCUT2D eigenvalue weighted by molar-refractivity contribution is -0.160. The molecule has 0 bridgehead atoms. The lowest BCUT2D eigenvalue weighted by Crippen LogP contribution is -2.56. The molecule has 0 aromatic carbocycles. The van der Waals surface area contributed by atoms with Crippen LogP contribution in [0, 0.1) is 11.8 Å². The molecule has 0 saturated carbocycles. The number of ether oxygens (including phenoxy) is 3. The van der Waals surface area contributed by atoms with Crippen LogP contribution in [0.4, 0.5) is 0 Å². The first-order valence-corrected chi connectivity index (χ1v) is 13.6. The predicted octanol–water partition coefficient (Wildman–Crippen LogP) is 0.354. The minimum Gasteiger partial charge on any atom is -0.465 e. The molecule has 2 amide bonds. The third kappa shape index (κ3) is 4.73. The number of carbonyl (C=O) groups is 3. The van der Waals surface area contributed by atoms with Crippen LogP contribution >= 0.6 is 0 Å². The summed E-state index contributed by atoms with van der Waals surface area (Å²) in [6.07, 6.45) is 10.2. The van der Waals surface area contributed by atoms with Gasteiger partial charge in [-0.2, -0.15) is 0 Å². The fraction of sp³-hybridized carbons (Fsp3) is 0.741. The molecule has 10 nitrogen and oxygen atoms in total. The lowest BCUT2D eigenvalue weighted by atomic mass is 9.74. The fourth-order valence-corrected chi connectivity index (χ4v) is 6.63. The van der Waals surface area contributed by atoms with Crippen LogP contribution in [-0.2, 0) is 28.6 Å². The molecule has 10 heteroatoms. The minimum atomic E-state index is -1.24. The van der Waals surface area contributed by atoms with E-state index < -0.39 is 35.0 Å². The molecule has 1 N–H and O–H groups in total. The molecule has 5 aliphatic rings. The first-order valence-electron chi connectivity index (χ1n) is 13.6. The highest BCUT2D eigenvalue weighted by Crippen LogP contribution is 2.57. The van der Waals surface area contributed by atoms with Gasteiger partial charge in [0.25, 0.3) is 0 Å². The number of amides is 2. The van der Waals surface area contributed by atoms with Crippen molar-refractivity contribution in [2.24, 2.45) is 11.8 Å². The summed E-state index contributed by atoms with van der Waals surface area (Å²) in [6.45, 7) is 7.27. The number of aliphatic hydroxyl groups is 1. The van der Waals surface area contributed by atoms with Crippen molar-refractivity contribution in [1.29, 1.82) is 0 Å². The summed E-state index contributed by atoms with van der Waals surface area (Å²) >= 11 is 0. The Morgan fingerprint density at radius 1 is 0.946 bits per heavy atom. The van der Waals surface area contributed by atoms with Gasteiger partial charge in [0.1, 0.15) is 17.6 Å². The molecule has 5 heterocycles. The Morgan fingerprint density at radius 3 is 2.54 bits per heavy atom. The van der Waals surface area contributed by atoms with Crippen LogP contribution in [-0.4, -0.2) is 121 Å². The van der Waals surface area contributed by atoms with E-state index in [-0.39, 0.29) is 25.0 Å². The van der Waals surface area contributed by atoms with Gasteiger partial charge in [-0.15, -0.1) is 0 Å². The molecule has 5 aliphatic heterocycles. The van der Waals surface area contributed by atoms with Gasteiger partial charge in [-0.05, 0) is 32.6 Å². The van der Waals surface area contributed by atoms with Crippen molar-refractivity contribution in [3.63, 3.8) is 0 Å². The number of esters is 1. The van der Waals surface area contributed by atoms with Gasteiger partial charge in [-0.1, -0.05) is 24.3 Å². The molecule has 0 aromatic rings. The Morgan fingerprint density at radius 2 is 1.76 bits per heavy atom. The summed E-state index contributed by atoms with van der Waals surface area (Å²) in [6, 6.07) is -0.853. The first-order chi connectivity index (χ1) is 17.9. The Labute approximate surface area is 218 Å². The summed E-state index contributed by atoms with van der Waals surface area (Å²) in [5, 5.41) is 9.20. The van der Waals surface area contributed by atoms with Crippen LogP contribution in [0.1, 0.15) is 32.6 Å². The van der Waals surface area contributed by atoms with Crippen molar-refractivity contribution >= 4 is 17.8 Å². The van der Waals surface area contributed by atoms with Crippen LogP contribution in [0.25, 0.3) is 0 Å². The Kier molecular flexibility index (Phi) is 7.72. The van der Waals surface area contributed by atoms with Gasteiger partial charge in [0.15, 0.2) is 0 Å². The molecule has 3 fully saturated rings. The zero-order chi connectivity index (χ0) is 26.0. The van der Waals surface area contributed by atoms with Gasteiger partial charge in [0, 0.05) is 45.9 Å². The smallest absolute Gasteiger partial charge is 0.313 e. The third-order valence-corrected chi connectivity index (χ3v) is 8.45. The maximum absolute atomic E-state index is 14.2. The second-order valence-electron chi connectivity index (χ2n) is 10.8. The number of carbonyl (C=O) groups excluding carboxylic acids is 3. The highest BCUT2D eigenvalue weighted by molar-refractivity contribution is 5.99. The molecule has 204 valence electrons. The average molecular weight is 518 g/mol. The zero-order valence-corrected chi connectivity index (χ0v) is 21.7. The van der Waals surface area contributed by atoms with Crippen LogP contribution in [0.15, 0.2) is 24.3 Å². The van der Waals surface area contributed by atoms with Gasteiger partial charge in [0.05, 0.1) is 31.3 Å². The van der Waals surface area contributed by atoms with E-state index in [9.17, 15) is 19.5 Å². The number of cyclic esters (lactones) is 1. The Hall–Kier alpha value is -2.27. The second-order valence-corrected chi connectivity index (χ2v) is 10.8. The molecule has 5 atom stereocenters. The van der Waals surface area contributed by atoms with Crippen molar-refractivity contribution in [3.05, 3.63) is 24.3 Å². The summed E-state index contributed by atoms with van der Waals surface area (Å²) in [7, 11) is 0. The Bertz CT molecular complexity index is 948. The van der Waals surface area contributed by atoms with Crippen LogP contribution in [0.3, 0.4) is 0 Å². The molecule has 1 unspecified atom stereocenters. The van der Waals surface area contributed by atoms with Gasteiger partial charge in [0.2, 0.25) is 11.8 Å². The molecule has 0 radical (unpaired) electrons. The van der Waals surface area contributed by atoms with E-state index in [0.29, 0.717) is 52.1 Å². The van der Waals surface area contributed by atoms with E-state index in [2.05, 4.69) is 4.90 Å². The number of hydrogen-bond acceptors (Lipinski definition) is 8. The SMILES string of the molecule is C[C@]12C=CCCOC(=O)[C@H]1[C@H]1C(=O)N(CCCCCO)C3C(=O)N(CCN4CCOCC4)CC=C[C@@]31O2. The summed E-state index contributed by atoms with van der Waals surface area (Å²) in [5.74, 6) is -2.50. The Balaban J connectivity index is 1.47. The fourth-order valence-electron chi connectivity index (χ4n) is 6.63. The van der Waals surface area contributed by atoms with Crippen LogP contribution < -0.4 is 0 Å². The van der Waals surface area contributed by atoms with E-state index in [1.165, 1.54) is 0 Å². The van der Waals surface area contributed by atoms with Crippen molar-refractivity contribution < 1.29 is 33.7 Å². The molecule has 5 rings (SSSR count). The first kappa shape index (κ1) is 26.3. The number of nitrogens with zero attached hydrogens (tertiary/aromatic N) is 3. The van der Waals surface area contributed by atoms with Crippen LogP contribution in [0.5, 0.6) is 0 Å². The maximum Gasteiger partial charge on any atom is 0.313 e. The minimum absolute atomic E-state index is 0.0860. The van der Waals surface area contributed by atoms with Gasteiger partial charge in [-0.25, -0.2) is 0 Å². The van der Waals surface area contributed by atoms with Crippen LogP contribution in [0.2, 0.25) is 0 Å². The number of morpholine rings is 1. The molecule has 0 aliphatic carbocycles. The summed E-state index contributed by atoms with van der Waals surface area (Å²) in [5.41, 5.74) is -2.29. The van der Waals surface area contributed by atoms with Gasteiger partial charge < -0.3 is 29.1 Å². The third-order valence-electron chi connectivity index (χ3n) is 8.45. The normalized spacial score (nSPS) is 36.1. The summed E-state index contributed by atoms with van der Waals surface area (Å²) in [4.78, 5) is 47.2. The zero-order valence-electron chi connectivity index (χ0n) is 21.7. The number of likely N-dealkylation sites (tertiary alicyclic amines) is 1. The predicted molar refractivity (Wildman–Crippen MR) is 133 cm³/mol. The highest BCUT2D eigenvalue weighted by atomic mass is 16.6. The topological polar surface area (TPSA) is 109 Å². The van der Waals surface area contributed by atoms with E-state index in [1.54, 1.807) is 4.90 Å². The van der Waals surface area contributed by atoms with Gasteiger partial charge >= 0.3 is 5.97 Å².